The molecule has 31 heavy (non-hydrogen) atoms. The molecule has 1 aliphatic heterocycles. The van der Waals surface area contributed by atoms with Gasteiger partial charge in [0.2, 0.25) is 5.91 Å². The lowest BCUT2D eigenvalue weighted by molar-refractivity contribution is -0.131. The van der Waals surface area contributed by atoms with Crippen LogP contribution in [0, 0.1) is 13.8 Å². The summed E-state index contributed by atoms with van der Waals surface area (Å²) in [6.07, 6.45) is 1.41. The zero-order valence-electron chi connectivity index (χ0n) is 19.3. The quantitative estimate of drug-likeness (QED) is 0.514. The minimum Gasteiger partial charge on any atom is -0.493 e. The second kappa shape index (κ2) is 8.37. The second-order valence-corrected chi connectivity index (χ2v) is 9.59. The number of rotatable bonds is 6. The maximum atomic E-state index is 12.7. The van der Waals surface area contributed by atoms with Crippen LogP contribution in [0.25, 0.3) is 11.0 Å². The molecule has 1 atom stereocenters. The van der Waals surface area contributed by atoms with Gasteiger partial charge >= 0.3 is 0 Å². The number of hydrogen-bond donors (Lipinski definition) is 0. The largest absolute Gasteiger partial charge is 0.493 e. The Morgan fingerprint density at radius 3 is 2.61 bits per heavy atom. The number of hydrogen-bond acceptors (Lipinski definition) is 3. The summed E-state index contributed by atoms with van der Waals surface area (Å²) in [4.78, 5) is 19.6. The van der Waals surface area contributed by atoms with E-state index in [1.165, 1.54) is 11.1 Å². The average Bonchev–Trinajstić information content (AvgIpc) is 3.29. The SMILES string of the molecule is Cc1cccc(OCCCn2c(C3CC(=O)N(C(C)(C)C)C3)nc3ccccc32)c1C. The Kier molecular flexibility index (Phi) is 5.78. The minimum atomic E-state index is -0.164. The standard InChI is InChI=1S/C26H33N3O2/c1-18-10-8-13-23(19(18)2)31-15-9-14-28-22-12-7-6-11-21(22)27-25(28)20-16-24(30)29(17-20)26(3,4)5/h6-8,10-13,20H,9,14-17H2,1-5H3. The number of aryl methyl sites for hydroxylation is 2. The lowest BCUT2D eigenvalue weighted by Crippen LogP contribution is -2.42. The molecule has 0 N–H and O–H groups in total. The first-order valence-corrected chi connectivity index (χ1v) is 11.2. The molecule has 1 aliphatic rings. The molecule has 5 heteroatoms. The maximum Gasteiger partial charge on any atom is 0.223 e. The van der Waals surface area contributed by atoms with E-state index in [0.717, 1.165) is 42.1 Å². The van der Waals surface area contributed by atoms with E-state index in [1.54, 1.807) is 0 Å². The highest BCUT2D eigenvalue weighted by Crippen LogP contribution is 2.34. The van der Waals surface area contributed by atoms with Crippen LogP contribution in [-0.4, -0.2) is 39.0 Å². The molecule has 0 bridgehead atoms. The third-order valence-electron chi connectivity index (χ3n) is 6.32. The third-order valence-corrected chi connectivity index (χ3v) is 6.32. The van der Waals surface area contributed by atoms with Crippen LogP contribution in [0.3, 0.4) is 0 Å². The number of imidazole rings is 1. The van der Waals surface area contributed by atoms with Crippen molar-refractivity contribution in [3.05, 3.63) is 59.4 Å². The molecule has 0 saturated carbocycles. The highest BCUT2D eigenvalue weighted by atomic mass is 16.5. The van der Waals surface area contributed by atoms with E-state index in [0.29, 0.717) is 13.0 Å². The Morgan fingerprint density at radius 1 is 1.10 bits per heavy atom. The fourth-order valence-corrected chi connectivity index (χ4v) is 4.45. The number of likely N-dealkylation sites (tertiary alicyclic amines) is 1. The van der Waals surface area contributed by atoms with Gasteiger partial charge in [-0.3, -0.25) is 4.79 Å². The number of carbonyl (C=O) groups excluding carboxylic acids is 1. The van der Waals surface area contributed by atoms with Crippen LogP contribution in [0.4, 0.5) is 0 Å². The first kappa shape index (κ1) is 21.4. The van der Waals surface area contributed by atoms with Crippen molar-refractivity contribution in [2.45, 2.75) is 65.5 Å². The molecule has 2 heterocycles. The van der Waals surface area contributed by atoms with Crippen molar-refractivity contribution in [2.75, 3.05) is 13.2 Å². The number of nitrogens with zero attached hydrogens (tertiary/aromatic N) is 3. The lowest BCUT2D eigenvalue weighted by atomic mass is 10.1. The van der Waals surface area contributed by atoms with Crippen molar-refractivity contribution in [1.29, 1.82) is 0 Å². The maximum absolute atomic E-state index is 12.7. The van der Waals surface area contributed by atoms with Gasteiger partial charge in [0.1, 0.15) is 11.6 Å². The third kappa shape index (κ3) is 4.32. The summed E-state index contributed by atoms with van der Waals surface area (Å²) in [6.45, 7) is 12.7. The minimum absolute atomic E-state index is 0.124. The Bertz CT molecular complexity index is 1090. The molecule has 1 fully saturated rings. The summed E-state index contributed by atoms with van der Waals surface area (Å²) in [5.41, 5.74) is 4.40. The van der Waals surface area contributed by atoms with Crippen LogP contribution in [0.2, 0.25) is 0 Å². The summed E-state index contributed by atoms with van der Waals surface area (Å²) in [6, 6.07) is 14.4. The van der Waals surface area contributed by atoms with Crippen LogP contribution in [-0.2, 0) is 11.3 Å². The van der Waals surface area contributed by atoms with Gasteiger partial charge in [0.15, 0.2) is 0 Å². The predicted molar refractivity (Wildman–Crippen MR) is 125 cm³/mol. The Balaban J connectivity index is 1.52. The van der Waals surface area contributed by atoms with Crippen molar-refractivity contribution in [1.82, 2.24) is 14.5 Å². The van der Waals surface area contributed by atoms with E-state index >= 15 is 0 Å². The molecule has 1 saturated heterocycles. The first-order valence-electron chi connectivity index (χ1n) is 11.2. The van der Waals surface area contributed by atoms with Crippen LogP contribution >= 0.6 is 0 Å². The first-order chi connectivity index (χ1) is 14.8. The molecule has 0 aliphatic carbocycles. The van der Waals surface area contributed by atoms with Gasteiger partial charge in [-0.15, -0.1) is 0 Å². The average molecular weight is 420 g/mol. The zero-order chi connectivity index (χ0) is 22.2. The van der Waals surface area contributed by atoms with Gasteiger partial charge in [-0.1, -0.05) is 24.3 Å². The second-order valence-electron chi connectivity index (χ2n) is 9.59. The van der Waals surface area contributed by atoms with E-state index in [2.05, 4.69) is 63.5 Å². The number of fused-ring (bicyclic) bond motifs is 1. The van der Waals surface area contributed by atoms with Crippen molar-refractivity contribution < 1.29 is 9.53 Å². The van der Waals surface area contributed by atoms with E-state index in [-0.39, 0.29) is 17.4 Å². The van der Waals surface area contributed by atoms with Gasteiger partial charge in [0.05, 0.1) is 17.6 Å². The topological polar surface area (TPSA) is 47.4 Å². The molecular formula is C26H33N3O2. The monoisotopic (exact) mass is 419 g/mol. The van der Waals surface area contributed by atoms with Gasteiger partial charge in [-0.2, -0.15) is 0 Å². The van der Waals surface area contributed by atoms with Crippen LogP contribution < -0.4 is 4.74 Å². The van der Waals surface area contributed by atoms with Crippen LogP contribution in [0.5, 0.6) is 5.75 Å². The van der Waals surface area contributed by atoms with Gasteiger partial charge in [0.25, 0.3) is 0 Å². The normalized spacial score (nSPS) is 17.0. The summed E-state index contributed by atoms with van der Waals surface area (Å²) in [7, 11) is 0. The molecule has 164 valence electrons. The summed E-state index contributed by atoms with van der Waals surface area (Å²) < 4.78 is 8.37. The predicted octanol–water partition coefficient (Wildman–Crippen LogP) is 5.24. The molecular weight excluding hydrogens is 386 g/mol. The molecule has 0 radical (unpaired) electrons. The Labute approximate surface area is 185 Å². The summed E-state index contributed by atoms with van der Waals surface area (Å²) in [5, 5.41) is 0. The zero-order valence-corrected chi connectivity index (χ0v) is 19.3. The number of benzene rings is 2. The molecule has 2 aromatic carbocycles. The van der Waals surface area contributed by atoms with Crippen LogP contribution in [0.1, 0.15) is 56.5 Å². The number of carbonyl (C=O) groups is 1. The highest BCUT2D eigenvalue weighted by molar-refractivity contribution is 5.81. The Morgan fingerprint density at radius 2 is 1.87 bits per heavy atom. The van der Waals surface area contributed by atoms with Crippen molar-refractivity contribution in [3.63, 3.8) is 0 Å². The Hall–Kier alpha value is -2.82. The molecule has 1 unspecified atom stereocenters. The molecule has 3 aromatic rings. The van der Waals surface area contributed by atoms with E-state index in [9.17, 15) is 4.79 Å². The fourth-order valence-electron chi connectivity index (χ4n) is 4.45. The summed E-state index contributed by atoms with van der Waals surface area (Å²) >= 11 is 0. The number of aromatic nitrogens is 2. The fraction of sp³-hybridized carbons (Fsp3) is 0.462. The van der Waals surface area contributed by atoms with Crippen molar-refractivity contribution in [3.8, 4) is 5.75 Å². The van der Waals surface area contributed by atoms with Gasteiger partial charge in [-0.25, -0.2) is 4.98 Å². The van der Waals surface area contributed by atoms with Gasteiger partial charge in [-0.05, 0) is 70.4 Å². The lowest BCUT2D eigenvalue weighted by Gasteiger charge is -2.32. The highest BCUT2D eigenvalue weighted by Gasteiger charge is 2.38. The van der Waals surface area contributed by atoms with Gasteiger partial charge < -0.3 is 14.2 Å². The molecule has 0 spiro atoms. The smallest absolute Gasteiger partial charge is 0.223 e. The number of para-hydroxylation sites is 2. The molecule has 1 aromatic heterocycles. The number of amides is 1. The number of ether oxygens (including phenoxy) is 1. The van der Waals surface area contributed by atoms with Gasteiger partial charge in [0, 0.05) is 31.0 Å². The van der Waals surface area contributed by atoms with Crippen molar-refractivity contribution in [2.24, 2.45) is 0 Å². The van der Waals surface area contributed by atoms with E-state index in [1.807, 2.05) is 23.1 Å². The van der Waals surface area contributed by atoms with Crippen molar-refractivity contribution >= 4 is 16.9 Å². The van der Waals surface area contributed by atoms with E-state index in [4.69, 9.17) is 9.72 Å². The van der Waals surface area contributed by atoms with E-state index < -0.39 is 0 Å². The van der Waals surface area contributed by atoms with Crippen LogP contribution in [0.15, 0.2) is 42.5 Å². The molecule has 5 nitrogen and oxygen atoms in total. The molecule has 4 rings (SSSR count). The molecule has 1 amide bonds. The summed E-state index contributed by atoms with van der Waals surface area (Å²) in [5.74, 6) is 2.32.